The number of hydrogen-bond donors (Lipinski definition) is 2. The van der Waals surface area contributed by atoms with E-state index >= 15 is 0 Å². The average molecular weight is 381 g/mol. The van der Waals surface area contributed by atoms with Crippen molar-refractivity contribution in [2.45, 2.75) is 25.7 Å². The number of rotatable bonds is 8. The summed E-state index contributed by atoms with van der Waals surface area (Å²) in [5.74, 6) is 0.780. The molecule has 1 heterocycles. The summed E-state index contributed by atoms with van der Waals surface area (Å²) in [5.41, 5.74) is 3.68. The van der Waals surface area contributed by atoms with Crippen molar-refractivity contribution in [2.75, 3.05) is 37.5 Å². The third-order valence-electron chi connectivity index (χ3n) is 4.89. The highest BCUT2D eigenvalue weighted by Gasteiger charge is 2.25. The van der Waals surface area contributed by atoms with Gasteiger partial charge in [0.2, 0.25) is 11.8 Å². The lowest BCUT2D eigenvalue weighted by molar-refractivity contribution is -0.118. The number of anilines is 2. The predicted octanol–water partition coefficient (Wildman–Crippen LogP) is 2.77. The summed E-state index contributed by atoms with van der Waals surface area (Å²) in [6, 6.07) is 13.4. The molecular formula is C22H27N3O3. The zero-order valence-electron chi connectivity index (χ0n) is 16.5. The van der Waals surface area contributed by atoms with E-state index in [1.807, 2.05) is 54.4 Å². The summed E-state index contributed by atoms with van der Waals surface area (Å²) in [7, 11) is 3.49. The average Bonchev–Trinajstić information content (AvgIpc) is 3.11. The van der Waals surface area contributed by atoms with Crippen LogP contribution in [0.15, 0.2) is 42.5 Å². The maximum absolute atomic E-state index is 12.9. The molecule has 0 unspecified atom stereocenters. The highest BCUT2D eigenvalue weighted by Crippen LogP contribution is 2.31. The van der Waals surface area contributed by atoms with Crippen molar-refractivity contribution in [1.82, 2.24) is 5.32 Å². The van der Waals surface area contributed by atoms with Crippen molar-refractivity contribution in [3.63, 3.8) is 0 Å². The molecule has 0 bridgehead atoms. The summed E-state index contributed by atoms with van der Waals surface area (Å²) >= 11 is 0. The molecule has 2 amide bonds. The largest absolute Gasteiger partial charge is 0.497 e. The van der Waals surface area contributed by atoms with Crippen LogP contribution < -0.4 is 20.3 Å². The summed E-state index contributed by atoms with van der Waals surface area (Å²) in [6.45, 7) is 1.47. The zero-order chi connectivity index (χ0) is 19.9. The molecule has 0 atom stereocenters. The lowest BCUT2D eigenvalue weighted by Gasteiger charge is -2.18. The van der Waals surface area contributed by atoms with Crippen molar-refractivity contribution in [2.24, 2.45) is 0 Å². The first kappa shape index (κ1) is 19.9. The maximum atomic E-state index is 12.9. The van der Waals surface area contributed by atoms with Crippen LogP contribution >= 0.6 is 0 Å². The van der Waals surface area contributed by atoms with Crippen LogP contribution in [0, 0.1) is 0 Å². The molecule has 148 valence electrons. The van der Waals surface area contributed by atoms with E-state index in [2.05, 4.69) is 10.6 Å². The number of fused-ring (bicyclic) bond motifs is 1. The Morgan fingerprint density at radius 1 is 1.18 bits per heavy atom. The molecule has 1 aliphatic heterocycles. The van der Waals surface area contributed by atoms with Gasteiger partial charge in [0, 0.05) is 24.3 Å². The summed E-state index contributed by atoms with van der Waals surface area (Å²) in [6.07, 6.45) is 2.40. The fourth-order valence-electron chi connectivity index (χ4n) is 3.42. The van der Waals surface area contributed by atoms with E-state index in [0.29, 0.717) is 19.4 Å². The quantitative estimate of drug-likeness (QED) is 0.690. The smallest absolute Gasteiger partial charge is 0.231 e. The maximum Gasteiger partial charge on any atom is 0.231 e. The Bertz CT molecular complexity index is 851. The molecule has 2 aromatic rings. The van der Waals surface area contributed by atoms with Crippen molar-refractivity contribution < 1.29 is 14.3 Å². The minimum atomic E-state index is -0.0116. The SMILES string of the molecule is CNCCCC(=O)Nc1ccc2c(c1)N(C(=O)Cc1cccc(OC)c1)CC2. The number of amides is 2. The van der Waals surface area contributed by atoms with Gasteiger partial charge in [-0.25, -0.2) is 0 Å². The van der Waals surface area contributed by atoms with E-state index in [-0.39, 0.29) is 11.8 Å². The molecule has 3 rings (SSSR count). The first-order valence-corrected chi connectivity index (χ1v) is 9.61. The summed E-state index contributed by atoms with van der Waals surface area (Å²) in [4.78, 5) is 26.8. The number of ether oxygens (including phenoxy) is 1. The molecule has 6 heteroatoms. The van der Waals surface area contributed by atoms with Gasteiger partial charge < -0.3 is 20.3 Å². The lowest BCUT2D eigenvalue weighted by Crippen LogP contribution is -2.30. The molecule has 0 fully saturated rings. The lowest BCUT2D eigenvalue weighted by atomic mass is 10.1. The standard InChI is InChI=1S/C22H27N3O3/c1-23-11-4-7-21(26)24-18-9-8-17-10-12-25(20(17)15-18)22(27)14-16-5-3-6-19(13-16)28-2/h3,5-6,8-9,13,15,23H,4,7,10-12,14H2,1-2H3,(H,24,26). The first-order valence-electron chi connectivity index (χ1n) is 9.61. The van der Waals surface area contributed by atoms with E-state index in [1.165, 1.54) is 0 Å². The second-order valence-corrected chi connectivity index (χ2v) is 6.92. The minimum absolute atomic E-state index is 0.0116. The molecule has 0 saturated carbocycles. The minimum Gasteiger partial charge on any atom is -0.497 e. The van der Waals surface area contributed by atoms with Crippen molar-refractivity contribution in [1.29, 1.82) is 0 Å². The molecule has 0 spiro atoms. The van der Waals surface area contributed by atoms with Gasteiger partial charge in [-0.3, -0.25) is 9.59 Å². The fourth-order valence-corrected chi connectivity index (χ4v) is 3.42. The van der Waals surface area contributed by atoms with Gasteiger partial charge in [0.15, 0.2) is 0 Å². The van der Waals surface area contributed by atoms with E-state index < -0.39 is 0 Å². The van der Waals surface area contributed by atoms with Gasteiger partial charge in [0.25, 0.3) is 0 Å². The molecule has 6 nitrogen and oxygen atoms in total. The van der Waals surface area contributed by atoms with E-state index in [9.17, 15) is 9.59 Å². The van der Waals surface area contributed by atoms with Crippen LogP contribution in [0.25, 0.3) is 0 Å². The summed E-state index contributed by atoms with van der Waals surface area (Å²) < 4.78 is 5.24. The second-order valence-electron chi connectivity index (χ2n) is 6.92. The molecule has 2 aromatic carbocycles. The third-order valence-corrected chi connectivity index (χ3v) is 4.89. The van der Waals surface area contributed by atoms with Crippen LogP contribution in [0.4, 0.5) is 11.4 Å². The normalized spacial score (nSPS) is 12.6. The Hall–Kier alpha value is -2.86. The monoisotopic (exact) mass is 381 g/mol. The Morgan fingerprint density at radius 2 is 2.04 bits per heavy atom. The van der Waals surface area contributed by atoms with Gasteiger partial charge >= 0.3 is 0 Å². The Labute approximate surface area is 165 Å². The second kappa shape index (κ2) is 9.37. The Kier molecular flexibility index (Phi) is 6.66. The fraction of sp³-hybridized carbons (Fsp3) is 0.364. The molecule has 1 aliphatic rings. The molecule has 0 aliphatic carbocycles. The Balaban J connectivity index is 1.68. The highest BCUT2D eigenvalue weighted by molar-refractivity contribution is 5.98. The van der Waals surface area contributed by atoms with Crippen molar-refractivity contribution in [3.8, 4) is 5.75 Å². The van der Waals surface area contributed by atoms with Crippen molar-refractivity contribution >= 4 is 23.2 Å². The number of benzene rings is 2. The first-order chi connectivity index (χ1) is 13.6. The van der Waals surface area contributed by atoms with E-state index in [4.69, 9.17) is 4.74 Å². The van der Waals surface area contributed by atoms with E-state index in [0.717, 1.165) is 47.6 Å². The molecule has 0 aromatic heterocycles. The Morgan fingerprint density at radius 3 is 2.82 bits per heavy atom. The van der Waals surface area contributed by atoms with Gasteiger partial charge in [-0.1, -0.05) is 18.2 Å². The predicted molar refractivity (Wildman–Crippen MR) is 111 cm³/mol. The molecular weight excluding hydrogens is 354 g/mol. The molecule has 0 saturated heterocycles. The zero-order valence-corrected chi connectivity index (χ0v) is 16.5. The van der Waals surface area contributed by atoms with Crippen LogP contribution in [0.2, 0.25) is 0 Å². The summed E-state index contributed by atoms with van der Waals surface area (Å²) in [5, 5.41) is 5.97. The van der Waals surface area contributed by atoms with Gasteiger partial charge in [0.1, 0.15) is 5.75 Å². The van der Waals surface area contributed by atoms with Crippen LogP contribution in [0.3, 0.4) is 0 Å². The number of carbonyl (C=O) groups excluding carboxylic acids is 2. The van der Waals surface area contributed by atoms with Gasteiger partial charge in [-0.2, -0.15) is 0 Å². The van der Waals surface area contributed by atoms with Crippen LogP contribution in [0.5, 0.6) is 5.75 Å². The van der Waals surface area contributed by atoms with Crippen LogP contribution in [-0.2, 0) is 22.4 Å². The van der Waals surface area contributed by atoms with Gasteiger partial charge in [-0.15, -0.1) is 0 Å². The van der Waals surface area contributed by atoms with Crippen LogP contribution in [0.1, 0.15) is 24.0 Å². The number of methoxy groups -OCH3 is 1. The van der Waals surface area contributed by atoms with Gasteiger partial charge in [0.05, 0.1) is 13.5 Å². The van der Waals surface area contributed by atoms with Gasteiger partial charge in [-0.05, 0) is 61.8 Å². The van der Waals surface area contributed by atoms with E-state index in [1.54, 1.807) is 7.11 Å². The number of carbonyl (C=O) groups is 2. The van der Waals surface area contributed by atoms with Crippen LogP contribution in [-0.4, -0.2) is 39.1 Å². The number of hydrogen-bond acceptors (Lipinski definition) is 4. The number of nitrogens with zero attached hydrogens (tertiary/aromatic N) is 1. The number of nitrogens with one attached hydrogen (secondary N) is 2. The van der Waals surface area contributed by atoms with Crippen molar-refractivity contribution in [3.05, 3.63) is 53.6 Å². The molecule has 2 N–H and O–H groups in total. The molecule has 28 heavy (non-hydrogen) atoms. The highest BCUT2D eigenvalue weighted by atomic mass is 16.5. The topological polar surface area (TPSA) is 70.7 Å². The molecule has 0 radical (unpaired) electrons. The third kappa shape index (κ3) is 4.89.